The number of furan rings is 1. The van der Waals surface area contributed by atoms with Crippen LogP contribution in [0, 0.1) is 0 Å². The van der Waals surface area contributed by atoms with Crippen LogP contribution in [0.3, 0.4) is 0 Å². The number of aromatic nitrogens is 2. The van der Waals surface area contributed by atoms with Crippen LogP contribution in [0.2, 0.25) is 5.02 Å². The second-order valence-electron chi connectivity index (χ2n) is 8.49. The fourth-order valence-electron chi connectivity index (χ4n) is 4.59. The third-order valence-corrected chi connectivity index (χ3v) is 6.62. The Morgan fingerprint density at radius 2 is 2.00 bits per heavy atom. The molecule has 6 rings (SSSR count). The zero-order valence-electron chi connectivity index (χ0n) is 18.0. The van der Waals surface area contributed by atoms with Crippen LogP contribution >= 0.6 is 11.6 Å². The van der Waals surface area contributed by atoms with Gasteiger partial charge in [0.1, 0.15) is 5.52 Å². The first-order valence-corrected chi connectivity index (χ1v) is 11.3. The average molecular weight is 474 g/mol. The minimum atomic E-state index is -0.446. The fraction of sp³-hybridized carbons (Fsp3) is 0.154. The predicted octanol–water partition coefficient (Wildman–Crippen LogP) is 5.14. The molecule has 170 valence electrons. The van der Waals surface area contributed by atoms with Gasteiger partial charge in [0.05, 0.1) is 22.2 Å². The molecule has 1 aliphatic heterocycles. The van der Waals surface area contributed by atoms with Crippen molar-refractivity contribution in [3.8, 4) is 17.0 Å². The highest BCUT2D eigenvalue weighted by molar-refractivity contribution is 6.34. The number of aliphatic hydroxyl groups excluding tert-OH is 1. The van der Waals surface area contributed by atoms with Gasteiger partial charge in [0.25, 0.3) is 0 Å². The number of nitrogens with zero attached hydrogens (tertiary/aromatic N) is 2. The number of anilines is 1. The number of pyridine rings is 1. The highest BCUT2D eigenvalue weighted by Gasteiger charge is 2.25. The van der Waals surface area contributed by atoms with E-state index >= 15 is 0 Å². The summed E-state index contributed by atoms with van der Waals surface area (Å²) in [7, 11) is 0. The maximum absolute atomic E-state index is 13.3. The lowest BCUT2D eigenvalue weighted by atomic mass is 10.00. The number of aromatic amines is 1. The minimum absolute atomic E-state index is 0.0959. The van der Waals surface area contributed by atoms with Crippen molar-refractivity contribution in [2.24, 2.45) is 0 Å². The van der Waals surface area contributed by atoms with E-state index in [9.17, 15) is 15.0 Å². The third-order valence-electron chi connectivity index (χ3n) is 6.31. The van der Waals surface area contributed by atoms with E-state index in [0.29, 0.717) is 33.6 Å². The first-order valence-electron chi connectivity index (χ1n) is 10.9. The van der Waals surface area contributed by atoms with Crippen molar-refractivity contribution >= 4 is 45.1 Å². The van der Waals surface area contributed by atoms with E-state index in [1.165, 1.54) is 0 Å². The van der Waals surface area contributed by atoms with Crippen LogP contribution in [0.1, 0.15) is 22.5 Å². The number of aromatic hydroxyl groups is 1. The van der Waals surface area contributed by atoms with Gasteiger partial charge in [-0.1, -0.05) is 23.7 Å². The van der Waals surface area contributed by atoms with Crippen LogP contribution in [-0.2, 0) is 0 Å². The van der Waals surface area contributed by atoms with Gasteiger partial charge in [0.2, 0.25) is 11.7 Å². The standard InChI is InChI=1S/C26H20ClN3O4/c27-19-11-20-18(10-17(19)14-3-5-15(6-4-14)30-9-7-16(31)13-30)24(26(33)29-20)25(32)23-12-21-22(34-23)2-1-8-28-21/h1-6,8,10-12,16,29,31,33H,7,9,13H2/t16-/m0/s1. The van der Waals surface area contributed by atoms with Crippen LogP contribution in [0.15, 0.2) is 65.2 Å². The number of nitrogens with one attached hydrogen (secondary N) is 1. The molecule has 7 nitrogen and oxygen atoms in total. The number of H-pyrrole nitrogens is 1. The monoisotopic (exact) mass is 473 g/mol. The van der Waals surface area contributed by atoms with E-state index < -0.39 is 5.78 Å². The number of hydrogen-bond acceptors (Lipinski definition) is 6. The molecule has 8 heteroatoms. The summed E-state index contributed by atoms with van der Waals surface area (Å²) in [4.78, 5) is 22.5. The van der Waals surface area contributed by atoms with Gasteiger partial charge in [-0.2, -0.15) is 0 Å². The molecule has 0 unspecified atom stereocenters. The quantitative estimate of drug-likeness (QED) is 0.312. The highest BCUT2D eigenvalue weighted by atomic mass is 35.5. The van der Waals surface area contributed by atoms with Crippen molar-refractivity contribution in [1.29, 1.82) is 0 Å². The summed E-state index contributed by atoms with van der Waals surface area (Å²) in [6.07, 6.45) is 2.09. The molecular weight excluding hydrogens is 454 g/mol. The van der Waals surface area contributed by atoms with Crippen LogP contribution < -0.4 is 4.90 Å². The van der Waals surface area contributed by atoms with Gasteiger partial charge in [0.15, 0.2) is 11.3 Å². The summed E-state index contributed by atoms with van der Waals surface area (Å²) in [6.45, 7) is 1.44. The molecule has 0 spiro atoms. The van der Waals surface area contributed by atoms with Crippen molar-refractivity contribution in [3.05, 3.63) is 77.1 Å². The second kappa shape index (κ2) is 7.90. The van der Waals surface area contributed by atoms with Gasteiger partial charge < -0.3 is 24.5 Å². The number of benzene rings is 2. The lowest BCUT2D eigenvalue weighted by molar-refractivity contribution is 0.101. The van der Waals surface area contributed by atoms with Crippen LogP contribution in [0.5, 0.6) is 5.88 Å². The smallest absolute Gasteiger partial charge is 0.234 e. The summed E-state index contributed by atoms with van der Waals surface area (Å²) in [5.41, 5.74) is 4.38. The largest absolute Gasteiger partial charge is 0.494 e. The number of carbonyl (C=O) groups excluding carboxylic acids is 1. The van der Waals surface area contributed by atoms with E-state index in [2.05, 4.69) is 14.9 Å². The van der Waals surface area contributed by atoms with Gasteiger partial charge in [-0.25, -0.2) is 0 Å². The number of hydrogen-bond donors (Lipinski definition) is 3. The molecule has 5 aromatic rings. The lowest BCUT2D eigenvalue weighted by Gasteiger charge is -2.18. The van der Waals surface area contributed by atoms with Gasteiger partial charge in [-0.05, 0) is 48.4 Å². The predicted molar refractivity (Wildman–Crippen MR) is 131 cm³/mol. The van der Waals surface area contributed by atoms with Crippen molar-refractivity contribution < 1.29 is 19.4 Å². The second-order valence-corrected chi connectivity index (χ2v) is 8.90. The molecule has 0 aliphatic carbocycles. The van der Waals surface area contributed by atoms with E-state index in [1.807, 2.05) is 24.3 Å². The summed E-state index contributed by atoms with van der Waals surface area (Å²) in [5, 5.41) is 21.4. The van der Waals surface area contributed by atoms with E-state index in [0.717, 1.165) is 29.8 Å². The van der Waals surface area contributed by atoms with Crippen molar-refractivity contribution in [2.75, 3.05) is 18.0 Å². The maximum atomic E-state index is 13.3. The molecule has 2 aromatic carbocycles. The molecule has 3 N–H and O–H groups in total. The molecule has 0 amide bonds. The first kappa shape index (κ1) is 20.8. The Labute approximate surface area is 199 Å². The minimum Gasteiger partial charge on any atom is -0.494 e. The molecule has 0 radical (unpaired) electrons. The SMILES string of the molecule is O=C(c1cc2ncccc2o1)c1c(O)[nH]c2cc(Cl)c(-c3ccc(N4CC[C@H](O)C4)cc3)cc12. The van der Waals surface area contributed by atoms with Gasteiger partial charge in [0, 0.05) is 42.0 Å². The Kier molecular flexibility index (Phi) is 4.83. The van der Waals surface area contributed by atoms with Crippen molar-refractivity contribution in [3.63, 3.8) is 0 Å². The molecule has 34 heavy (non-hydrogen) atoms. The Balaban J connectivity index is 1.40. The van der Waals surface area contributed by atoms with E-state index in [4.69, 9.17) is 16.0 Å². The van der Waals surface area contributed by atoms with E-state index in [-0.39, 0.29) is 23.3 Å². The number of rotatable bonds is 4. The normalized spacial score (nSPS) is 16.1. The molecule has 1 saturated heterocycles. The summed E-state index contributed by atoms with van der Waals surface area (Å²) >= 11 is 6.58. The summed E-state index contributed by atoms with van der Waals surface area (Å²) in [5.74, 6) is -0.596. The van der Waals surface area contributed by atoms with Gasteiger partial charge in [-0.3, -0.25) is 9.78 Å². The van der Waals surface area contributed by atoms with Crippen LogP contribution in [-0.4, -0.2) is 45.2 Å². The molecule has 3 aromatic heterocycles. The molecule has 1 atom stereocenters. The first-order chi connectivity index (χ1) is 16.5. The van der Waals surface area contributed by atoms with Gasteiger partial charge in [-0.15, -0.1) is 0 Å². The fourth-order valence-corrected chi connectivity index (χ4v) is 4.86. The highest BCUT2D eigenvalue weighted by Crippen LogP contribution is 2.38. The molecule has 0 bridgehead atoms. The number of β-amino-alcohol motifs (C(OH)–C–C–N with tert-alkyl or cyclic N) is 1. The molecule has 1 fully saturated rings. The molecule has 1 aliphatic rings. The van der Waals surface area contributed by atoms with Crippen molar-refractivity contribution in [1.82, 2.24) is 9.97 Å². The zero-order valence-corrected chi connectivity index (χ0v) is 18.7. The maximum Gasteiger partial charge on any atom is 0.234 e. The Hall–Kier alpha value is -3.81. The summed E-state index contributed by atoms with van der Waals surface area (Å²) in [6, 6.07) is 16.5. The van der Waals surface area contributed by atoms with Crippen molar-refractivity contribution in [2.45, 2.75) is 12.5 Å². The average Bonchev–Trinajstić information content (AvgIpc) is 3.54. The number of carbonyl (C=O) groups is 1. The topological polar surface area (TPSA) is 103 Å². The molecular formula is C26H20ClN3O4. The Morgan fingerprint density at radius 3 is 2.74 bits per heavy atom. The van der Waals surface area contributed by atoms with Crippen LogP contribution in [0.4, 0.5) is 5.69 Å². The third kappa shape index (κ3) is 3.41. The number of aliphatic hydroxyl groups is 1. The zero-order chi connectivity index (χ0) is 23.4. The number of fused-ring (bicyclic) bond motifs is 2. The lowest BCUT2D eigenvalue weighted by Crippen LogP contribution is -2.20. The molecule has 0 saturated carbocycles. The summed E-state index contributed by atoms with van der Waals surface area (Å²) < 4.78 is 5.68. The molecule has 4 heterocycles. The number of ketones is 1. The van der Waals surface area contributed by atoms with Crippen LogP contribution in [0.25, 0.3) is 33.1 Å². The van der Waals surface area contributed by atoms with Gasteiger partial charge >= 0.3 is 0 Å². The number of halogens is 1. The Bertz CT molecular complexity index is 1520. The Morgan fingerprint density at radius 1 is 1.18 bits per heavy atom. The van der Waals surface area contributed by atoms with E-state index in [1.54, 1.807) is 36.5 Å².